The summed E-state index contributed by atoms with van der Waals surface area (Å²) in [5.41, 5.74) is 0.114. The smallest absolute Gasteiger partial charge is 0.322 e. The molecule has 0 aromatic carbocycles. The minimum absolute atomic E-state index is 0.0321. The number of carbonyl (C=O) groups excluding carboxylic acids is 1. The summed E-state index contributed by atoms with van der Waals surface area (Å²) in [4.78, 5) is 23.1. The highest BCUT2D eigenvalue weighted by Crippen LogP contribution is 2.49. The van der Waals surface area contributed by atoms with E-state index in [2.05, 4.69) is 10.4 Å². The summed E-state index contributed by atoms with van der Waals surface area (Å²) in [6.07, 6.45) is 4.99. The molecule has 2 aliphatic carbocycles. The van der Waals surface area contributed by atoms with Gasteiger partial charge in [-0.25, -0.2) is 0 Å². The van der Waals surface area contributed by atoms with Gasteiger partial charge in [0, 0.05) is 13.1 Å². The molecule has 4 atom stereocenters. The Labute approximate surface area is 129 Å². The van der Waals surface area contributed by atoms with E-state index in [9.17, 15) is 14.9 Å². The van der Waals surface area contributed by atoms with Gasteiger partial charge in [0.1, 0.15) is 5.69 Å². The van der Waals surface area contributed by atoms with E-state index < -0.39 is 10.8 Å². The van der Waals surface area contributed by atoms with Crippen molar-refractivity contribution in [2.75, 3.05) is 0 Å². The van der Waals surface area contributed by atoms with Crippen LogP contribution in [0, 0.1) is 34.8 Å². The van der Waals surface area contributed by atoms with E-state index in [-0.39, 0.29) is 17.4 Å². The van der Waals surface area contributed by atoms with Crippen LogP contribution in [0.25, 0.3) is 0 Å². The number of fused-ring (bicyclic) bond motifs is 2. The van der Waals surface area contributed by atoms with E-state index in [0.29, 0.717) is 17.5 Å². The van der Waals surface area contributed by atoms with Crippen molar-refractivity contribution in [1.82, 2.24) is 15.1 Å². The number of nitrogens with one attached hydrogen (secondary N) is 1. The predicted molar refractivity (Wildman–Crippen MR) is 80.5 cm³/mol. The Hall–Kier alpha value is -1.92. The van der Waals surface area contributed by atoms with Crippen molar-refractivity contribution < 1.29 is 9.72 Å². The molecule has 1 amide bonds. The van der Waals surface area contributed by atoms with Crippen molar-refractivity contribution in [2.24, 2.45) is 24.8 Å². The van der Waals surface area contributed by atoms with E-state index in [4.69, 9.17) is 0 Å². The third-order valence-electron chi connectivity index (χ3n) is 5.49. The summed E-state index contributed by atoms with van der Waals surface area (Å²) >= 11 is 0. The van der Waals surface area contributed by atoms with Crippen LogP contribution in [0.15, 0.2) is 0 Å². The summed E-state index contributed by atoms with van der Waals surface area (Å²) in [5, 5.41) is 18.1. The highest BCUT2D eigenvalue weighted by atomic mass is 16.6. The van der Waals surface area contributed by atoms with Gasteiger partial charge in [-0.3, -0.25) is 19.6 Å². The summed E-state index contributed by atoms with van der Waals surface area (Å²) < 4.78 is 1.38. The van der Waals surface area contributed by atoms with Gasteiger partial charge in [-0.15, -0.1) is 0 Å². The van der Waals surface area contributed by atoms with Crippen LogP contribution in [0.1, 0.15) is 48.8 Å². The molecule has 1 aromatic heterocycles. The van der Waals surface area contributed by atoms with Crippen molar-refractivity contribution >= 4 is 11.6 Å². The summed E-state index contributed by atoms with van der Waals surface area (Å²) in [6, 6.07) is 0.0321. The second-order valence-electron chi connectivity index (χ2n) is 6.76. The highest BCUT2D eigenvalue weighted by Gasteiger charge is 2.42. The van der Waals surface area contributed by atoms with Crippen LogP contribution < -0.4 is 5.32 Å². The lowest BCUT2D eigenvalue weighted by Crippen LogP contribution is -2.40. The normalized spacial score (nSPS) is 27.9. The van der Waals surface area contributed by atoms with Gasteiger partial charge < -0.3 is 5.32 Å². The molecular formula is C15H22N4O3. The summed E-state index contributed by atoms with van der Waals surface area (Å²) in [5.74, 6) is 1.55. The number of nitro groups is 1. The number of nitrogens with zero attached hydrogens (tertiary/aromatic N) is 3. The number of hydrogen-bond donors (Lipinski definition) is 1. The fraction of sp³-hybridized carbons (Fsp3) is 0.733. The monoisotopic (exact) mass is 306 g/mol. The first-order chi connectivity index (χ1) is 10.4. The molecule has 3 rings (SSSR count). The molecule has 1 aromatic rings. The topological polar surface area (TPSA) is 90.1 Å². The van der Waals surface area contributed by atoms with Gasteiger partial charge in [0.25, 0.3) is 5.91 Å². The van der Waals surface area contributed by atoms with Gasteiger partial charge in [-0.1, -0.05) is 6.42 Å². The zero-order valence-electron chi connectivity index (χ0n) is 13.2. The third-order valence-corrected chi connectivity index (χ3v) is 5.49. The standard InChI is InChI=1S/C15H22N4O3/c1-8(12-7-10-4-5-11(12)6-10)16-15(20)13-14(19(21)22)9(2)18(3)17-13/h8,10-12H,4-7H2,1-3H3,(H,16,20)/t8-,10+,11+,12+/m0/s1. The van der Waals surface area contributed by atoms with Gasteiger partial charge >= 0.3 is 5.69 Å². The quantitative estimate of drug-likeness (QED) is 0.682. The van der Waals surface area contributed by atoms with Crippen molar-refractivity contribution in [3.63, 3.8) is 0 Å². The predicted octanol–water partition coefficient (Wildman–Crippen LogP) is 2.19. The fourth-order valence-electron chi connectivity index (χ4n) is 4.26. The first-order valence-electron chi connectivity index (χ1n) is 7.87. The van der Waals surface area contributed by atoms with Gasteiger partial charge in [-0.05, 0) is 50.9 Å². The lowest BCUT2D eigenvalue weighted by Gasteiger charge is -2.28. The molecule has 2 aliphatic rings. The van der Waals surface area contributed by atoms with Crippen LogP contribution in [-0.2, 0) is 7.05 Å². The van der Waals surface area contributed by atoms with E-state index in [1.54, 1.807) is 14.0 Å². The molecule has 2 saturated carbocycles. The Balaban J connectivity index is 1.75. The molecule has 2 bridgehead atoms. The van der Waals surface area contributed by atoms with Crippen molar-refractivity contribution in [3.05, 3.63) is 21.5 Å². The molecule has 7 nitrogen and oxygen atoms in total. The number of rotatable bonds is 4. The average Bonchev–Trinajstić information content (AvgIpc) is 3.14. The molecule has 0 aliphatic heterocycles. The number of hydrogen-bond acceptors (Lipinski definition) is 4. The Morgan fingerprint density at radius 2 is 2.18 bits per heavy atom. The second kappa shape index (κ2) is 5.37. The molecule has 0 spiro atoms. The van der Waals surface area contributed by atoms with Crippen molar-refractivity contribution in [1.29, 1.82) is 0 Å². The second-order valence-corrected chi connectivity index (χ2v) is 6.76. The Morgan fingerprint density at radius 3 is 2.73 bits per heavy atom. The lowest BCUT2D eigenvalue weighted by molar-refractivity contribution is -0.385. The maximum atomic E-state index is 12.4. The van der Waals surface area contributed by atoms with Crippen LogP contribution in [0.3, 0.4) is 0 Å². The summed E-state index contributed by atoms with van der Waals surface area (Å²) in [6.45, 7) is 3.60. The number of carbonyl (C=O) groups is 1. The number of aromatic nitrogens is 2. The molecule has 2 fully saturated rings. The van der Waals surface area contributed by atoms with Crippen molar-refractivity contribution in [2.45, 2.75) is 45.6 Å². The van der Waals surface area contributed by atoms with E-state index in [1.807, 2.05) is 6.92 Å². The molecule has 1 N–H and O–H groups in total. The van der Waals surface area contributed by atoms with Crippen LogP contribution in [0.2, 0.25) is 0 Å². The van der Waals surface area contributed by atoms with Gasteiger partial charge in [0.15, 0.2) is 0 Å². The Bertz CT molecular complexity index is 625. The zero-order chi connectivity index (χ0) is 16.0. The third kappa shape index (κ3) is 2.38. The highest BCUT2D eigenvalue weighted by molar-refractivity contribution is 5.96. The minimum atomic E-state index is -0.528. The van der Waals surface area contributed by atoms with Gasteiger partial charge in [0.05, 0.1) is 4.92 Å². The zero-order valence-corrected chi connectivity index (χ0v) is 13.2. The molecule has 0 saturated heterocycles. The van der Waals surface area contributed by atoms with Crippen LogP contribution in [0.5, 0.6) is 0 Å². The molecule has 0 radical (unpaired) electrons. The molecule has 7 heteroatoms. The molecular weight excluding hydrogens is 284 g/mol. The van der Waals surface area contributed by atoms with Crippen molar-refractivity contribution in [3.8, 4) is 0 Å². The van der Waals surface area contributed by atoms with E-state index in [0.717, 1.165) is 12.3 Å². The Kier molecular flexibility index (Phi) is 3.66. The van der Waals surface area contributed by atoms with E-state index in [1.165, 1.54) is 23.9 Å². The van der Waals surface area contributed by atoms with E-state index >= 15 is 0 Å². The minimum Gasteiger partial charge on any atom is -0.348 e. The Morgan fingerprint density at radius 1 is 1.45 bits per heavy atom. The summed E-state index contributed by atoms with van der Waals surface area (Å²) in [7, 11) is 1.61. The molecule has 22 heavy (non-hydrogen) atoms. The fourth-order valence-corrected chi connectivity index (χ4v) is 4.26. The lowest BCUT2D eigenvalue weighted by atomic mass is 9.84. The average molecular weight is 306 g/mol. The van der Waals surface area contributed by atoms with Crippen LogP contribution >= 0.6 is 0 Å². The first kappa shape index (κ1) is 15.0. The van der Waals surface area contributed by atoms with Gasteiger partial charge in [0.2, 0.25) is 5.69 Å². The number of amides is 1. The van der Waals surface area contributed by atoms with Crippen LogP contribution in [0.4, 0.5) is 5.69 Å². The van der Waals surface area contributed by atoms with Crippen LogP contribution in [-0.4, -0.2) is 26.7 Å². The maximum Gasteiger partial charge on any atom is 0.322 e. The maximum absolute atomic E-state index is 12.4. The molecule has 1 heterocycles. The first-order valence-corrected chi connectivity index (χ1v) is 7.87. The SMILES string of the molecule is Cc1c([N+](=O)[O-])c(C(=O)N[C@@H](C)[C@H]2C[C@@H]3CC[C@@H]2C3)nn1C. The largest absolute Gasteiger partial charge is 0.348 e. The molecule has 0 unspecified atom stereocenters. The number of aryl methyl sites for hydroxylation is 1. The van der Waals surface area contributed by atoms with Gasteiger partial charge in [-0.2, -0.15) is 5.10 Å². The molecule has 120 valence electrons.